The third-order valence-corrected chi connectivity index (χ3v) is 4.10. The van der Waals surface area contributed by atoms with Gasteiger partial charge in [-0.2, -0.15) is 0 Å². The molecule has 5 nitrogen and oxygen atoms in total. The molecule has 1 atom stereocenters. The number of hydrogen-bond donors (Lipinski definition) is 1. The van der Waals surface area contributed by atoms with Crippen molar-refractivity contribution in [2.24, 2.45) is 5.73 Å². The minimum Gasteiger partial charge on any atom is -0.336 e. The molecule has 3 rings (SSSR count). The van der Waals surface area contributed by atoms with E-state index in [9.17, 15) is 4.79 Å². The lowest BCUT2D eigenvalue weighted by Gasteiger charge is -2.24. The van der Waals surface area contributed by atoms with Crippen LogP contribution in [-0.2, 0) is 0 Å². The summed E-state index contributed by atoms with van der Waals surface area (Å²) in [6.45, 7) is 1.52. The van der Waals surface area contributed by atoms with E-state index >= 15 is 0 Å². The van der Waals surface area contributed by atoms with Gasteiger partial charge in [0, 0.05) is 30.5 Å². The van der Waals surface area contributed by atoms with Crippen LogP contribution in [0.15, 0.2) is 30.6 Å². The Kier molecular flexibility index (Phi) is 4.10. The molecule has 0 aliphatic carbocycles. The first-order valence-corrected chi connectivity index (χ1v) is 7.51. The van der Waals surface area contributed by atoms with Crippen molar-refractivity contribution in [3.05, 3.63) is 36.2 Å². The van der Waals surface area contributed by atoms with Gasteiger partial charge in [-0.1, -0.05) is 0 Å². The molecular weight excluding hydrogens is 264 g/mol. The number of fused-ring (bicyclic) bond motifs is 1. The zero-order valence-corrected chi connectivity index (χ0v) is 12.0. The number of nitrogens with zero attached hydrogens (tertiary/aromatic N) is 3. The maximum Gasteiger partial charge on any atom is 0.254 e. The Hall–Kier alpha value is -2.01. The van der Waals surface area contributed by atoms with Gasteiger partial charge in [-0.15, -0.1) is 0 Å². The minimum absolute atomic E-state index is 0.0991. The number of hydrogen-bond acceptors (Lipinski definition) is 4. The minimum atomic E-state index is 0.0991. The normalized spacial score (nSPS) is 18.3. The smallest absolute Gasteiger partial charge is 0.254 e. The highest BCUT2D eigenvalue weighted by Crippen LogP contribution is 2.24. The largest absolute Gasteiger partial charge is 0.336 e. The van der Waals surface area contributed by atoms with Crippen LogP contribution in [0.25, 0.3) is 11.0 Å². The summed E-state index contributed by atoms with van der Waals surface area (Å²) in [7, 11) is 0. The van der Waals surface area contributed by atoms with Crippen molar-refractivity contribution in [3.63, 3.8) is 0 Å². The summed E-state index contributed by atoms with van der Waals surface area (Å²) in [6, 6.07) is 5.87. The van der Waals surface area contributed by atoms with Crippen LogP contribution in [0.5, 0.6) is 0 Å². The van der Waals surface area contributed by atoms with Gasteiger partial charge in [0.2, 0.25) is 0 Å². The Balaban J connectivity index is 1.82. The molecule has 1 aromatic heterocycles. The number of nitrogens with two attached hydrogens (primary N) is 1. The summed E-state index contributed by atoms with van der Waals surface area (Å²) in [6.07, 6.45) is 7.43. The van der Waals surface area contributed by atoms with Gasteiger partial charge in [0.05, 0.1) is 11.0 Å². The fraction of sp³-hybridized carbons (Fsp3) is 0.438. The Bertz CT molecular complexity index is 643. The lowest BCUT2D eigenvalue weighted by Crippen LogP contribution is -2.35. The molecule has 21 heavy (non-hydrogen) atoms. The predicted molar refractivity (Wildman–Crippen MR) is 81.9 cm³/mol. The van der Waals surface area contributed by atoms with Crippen LogP contribution < -0.4 is 5.73 Å². The number of benzene rings is 1. The maximum atomic E-state index is 12.7. The lowest BCUT2D eigenvalue weighted by atomic mass is 10.1. The molecule has 1 aliphatic rings. The molecule has 5 heteroatoms. The molecular formula is C16H20N4O. The van der Waals surface area contributed by atoms with Crippen molar-refractivity contribution in [2.75, 3.05) is 13.1 Å². The van der Waals surface area contributed by atoms with Crippen molar-refractivity contribution >= 4 is 16.9 Å². The quantitative estimate of drug-likeness (QED) is 0.931. The molecule has 1 saturated heterocycles. The molecule has 1 fully saturated rings. The van der Waals surface area contributed by atoms with Crippen LogP contribution in [0.3, 0.4) is 0 Å². The number of rotatable bonds is 4. The third-order valence-electron chi connectivity index (χ3n) is 4.10. The fourth-order valence-electron chi connectivity index (χ4n) is 3.02. The monoisotopic (exact) mass is 284 g/mol. The lowest BCUT2D eigenvalue weighted by molar-refractivity contribution is 0.0729. The second-order valence-corrected chi connectivity index (χ2v) is 5.49. The van der Waals surface area contributed by atoms with E-state index in [4.69, 9.17) is 5.73 Å². The third kappa shape index (κ3) is 2.88. The van der Waals surface area contributed by atoms with E-state index in [0.29, 0.717) is 18.2 Å². The molecule has 1 aromatic carbocycles. The van der Waals surface area contributed by atoms with E-state index in [2.05, 4.69) is 9.97 Å². The highest BCUT2D eigenvalue weighted by molar-refractivity contribution is 5.97. The Morgan fingerprint density at radius 2 is 2.10 bits per heavy atom. The number of carbonyl (C=O) groups excluding carboxylic acids is 1. The van der Waals surface area contributed by atoms with Gasteiger partial charge >= 0.3 is 0 Å². The van der Waals surface area contributed by atoms with Crippen molar-refractivity contribution in [1.82, 2.24) is 14.9 Å². The van der Waals surface area contributed by atoms with Crippen molar-refractivity contribution in [2.45, 2.75) is 31.7 Å². The van der Waals surface area contributed by atoms with Gasteiger partial charge in [-0.05, 0) is 50.4 Å². The number of likely N-dealkylation sites (tertiary alicyclic amines) is 1. The van der Waals surface area contributed by atoms with Gasteiger partial charge in [0.15, 0.2) is 0 Å². The Labute approximate surface area is 124 Å². The SMILES string of the molecule is NCCCC1CCCN1C(=O)c1ccc2nccnc2c1. The highest BCUT2D eigenvalue weighted by Gasteiger charge is 2.28. The topological polar surface area (TPSA) is 72.1 Å². The van der Waals surface area contributed by atoms with E-state index in [0.717, 1.165) is 43.3 Å². The zero-order valence-electron chi connectivity index (χ0n) is 12.0. The van der Waals surface area contributed by atoms with Crippen LogP contribution in [0, 0.1) is 0 Å². The maximum absolute atomic E-state index is 12.7. The van der Waals surface area contributed by atoms with E-state index in [-0.39, 0.29) is 5.91 Å². The number of carbonyl (C=O) groups is 1. The summed E-state index contributed by atoms with van der Waals surface area (Å²) in [5.41, 5.74) is 7.86. The average molecular weight is 284 g/mol. The molecule has 2 heterocycles. The molecule has 1 unspecified atom stereocenters. The van der Waals surface area contributed by atoms with Gasteiger partial charge in [-0.3, -0.25) is 14.8 Å². The number of amides is 1. The summed E-state index contributed by atoms with van der Waals surface area (Å²) >= 11 is 0. The van der Waals surface area contributed by atoms with Crippen LogP contribution in [0.1, 0.15) is 36.0 Å². The Morgan fingerprint density at radius 3 is 2.90 bits per heavy atom. The molecule has 110 valence electrons. The van der Waals surface area contributed by atoms with Crippen LogP contribution >= 0.6 is 0 Å². The van der Waals surface area contributed by atoms with Gasteiger partial charge in [-0.25, -0.2) is 0 Å². The molecule has 1 aliphatic heterocycles. The van der Waals surface area contributed by atoms with E-state index in [1.54, 1.807) is 12.4 Å². The summed E-state index contributed by atoms with van der Waals surface area (Å²) in [4.78, 5) is 23.2. The first-order valence-electron chi connectivity index (χ1n) is 7.51. The molecule has 2 N–H and O–H groups in total. The van der Waals surface area contributed by atoms with Crippen molar-refractivity contribution < 1.29 is 4.79 Å². The van der Waals surface area contributed by atoms with Gasteiger partial charge in [0.25, 0.3) is 5.91 Å². The number of aromatic nitrogens is 2. The summed E-state index contributed by atoms with van der Waals surface area (Å²) in [5, 5.41) is 0. The first-order chi connectivity index (χ1) is 10.3. The van der Waals surface area contributed by atoms with Gasteiger partial charge in [0.1, 0.15) is 0 Å². The summed E-state index contributed by atoms with van der Waals surface area (Å²) < 4.78 is 0. The standard InChI is InChI=1S/C16H20N4O/c17-7-1-3-13-4-2-10-20(13)16(21)12-5-6-14-15(11-12)19-9-8-18-14/h5-6,8-9,11,13H,1-4,7,10,17H2. The second-order valence-electron chi connectivity index (χ2n) is 5.49. The van der Waals surface area contributed by atoms with Crippen LogP contribution in [0.2, 0.25) is 0 Å². The first kappa shape index (κ1) is 13.9. The molecule has 0 spiro atoms. The summed E-state index contributed by atoms with van der Waals surface area (Å²) in [5.74, 6) is 0.0991. The average Bonchev–Trinajstić information content (AvgIpc) is 3.00. The Morgan fingerprint density at radius 1 is 1.29 bits per heavy atom. The van der Waals surface area contributed by atoms with Crippen LogP contribution in [-0.4, -0.2) is 39.9 Å². The van der Waals surface area contributed by atoms with Crippen molar-refractivity contribution in [1.29, 1.82) is 0 Å². The van der Waals surface area contributed by atoms with Gasteiger partial charge < -0.3 is 10.6 Å². The predicted octanol–water partition coefficient (Wildman–Crippen LogP) is 1.97. The van der Waals surface area contributed by atoms with Crippen molar-refractivity contribution in [3.8, 4) is 0 Å². The molecule has 1 amide bonds. The highest BCUT2D eigenvalue weighted by atomic mass is 16.2. The zero-order chi connectivity index (χ0) is 14.7. The molecule has 0 saturated carbocycles. The molecule has 2 aromatic rings. The fourth-order valence-corrected chi connectivity index (χ4v) is 3.02. The van der Waals surface area contributed by atoms with E-state index in [1.807, 2.05) is 23.1 Å². The molecule has 0 bridgehead atoms. The van der Waals surface area contributed by atoms with E-state index < -0.39 is 0 Å². The van der Waals surface area contributed by atoms with E-state index in [1.165, 1.54) is 0 Å². The molecule has 0 radical (unpaired) electrons. The second kappa shape index (κ2) is 6.18. The van der Waals surface area contributed by atoms with Crippen LogP contribution in [0.4, 0.5) is 0 Å².